The van der Waals surface area contributed by atoms with Gasteiger partial charge in [0.25, 0.3) is 0 Å². The van der Waals surface area contributed by atoms with Crippen molar-refractivity contribution in [1.29, 1.82) is 0 Å². The van der Waals surface area contributed by atoms with Crippen LogP contribution in [0.1, 0.15) is 20.8 Å². The minimum Gasteiger partial charge on any atom is -0.342 e. The molecule has 1 N–H and O–H groups in total. The fourth-order valence-corrected chi connectivity index (χ4v) is 4.04. The van der Waals surface area contributed by atoms with Gasteiger partial charge < -0.3 is 10.2 Å². The smallest absolute Gasteiger partial charge is 0.241 e. The number of likely N-dealkylation sites (N-methyl/N-ethyl adjacent to an activating group) is 1. The third-order valence-corrected chi connectivity index (χ3v) is 6.08. The number of carbonyl (C=O) groups is 2. The molecule has 2 amide bonds. The summed E-state index contributed by atoms with van der Waals surface area (Å²) in [5.74, 6) is 0.179. The van der Waals surface area contributed by atoms with Crippen LogP contribution in [0.4, 0.5) is 5.69 Å². The Bertz CT molecular complexity index is 859. The molecule has 0 radical (unpaired) electrons. The number of hydrogen-bond donors (Lipinski definition) is 1. The first-order valence-corrected chi connectivity index (χ1v) is 11.2. The second-order valence-electron chi connectivity index (χ2n) is 7.95. The molecule has 6 nitrogen and oxygen atoms in total. The number of rotatable bonds is 8. The lowest BCUT2D eigenvalue weighted by atomic mass is 10.0. The Morgan fingerprint density at radius 2 is 1.55 bits per heavy atom. The first-order valence-electron chi connectivity index (χ1n) is 11.2. The van der Waals surface area contributed by atoms with Gasteiger partial charge in [-0.2, -0.15) is 0 Å². The Kier molecular flexibility index (Phi) is 8.20. The molecule has 1 fully saturated rings. The van der Waals surface area contributed by atoms with E-state index in [4.69, 9.17) is 0 Å². The van der Waals surface area contributed by atoms with Crippen molar-refractivity contribution in [1.82, 2.24) is 14.7 Å². The van der Waals surface area contributed by atoms with Crippen molar-refractivity contribution < 1.29 is 9.59 Å². The SMILES string of the molecule is CCN(CC)C(=O)CN1CCN(C(C)C(=O)Nc2ccccc2-c2ccccc2)CC1. The summed E-state index contributed by atoms with van der Waals surface area (Å²) in [6.45, 7) is 11.1. The van der Waals surface area contributed by atoms with Gasteiger partial charge in [0.2, 0.25) is 11.8 Å². The molecule has 0 saturated carbocycles. The van der Waals surface area contributed by atoms with Crippen molar-refractivity contribution in [3.8, 4) is 11.1 Å². The van der Waals surface area contributed by atoms with Gasteiger partial charge in [0.05, 0.1) is 12.6 Å². The molecule has 1 atom stereocenters. The Balaban J connectivity index is 1.56. The maximum absolute atomic E-state index is 13.0. The number of benzene rings is 2. The molecule has 166 valence electrons. The summed E-state index contributed by atoms with van der Waals surface area (Å²) in [5, 5.41) is 3.12. The van der Waals surface area contributed by atoms with E-state index in [9.17, 15) is 9.59 Å². The zero-order chi connectivity index (χ0) is 22.2. The molecule has 0 aromatic heterocycles. The van der Waals surface area contributed by atoms with Crippen LogP contribution in [0, 0.1) is 0 Å². The van der Waals surface area contributed by atoms with Crippen LogP contribution in [0.5, 0.6) is 0 Å². The topological polar surface area (TPSA) is 55.9 Å². The van der Waals surface area contributed by atoms with Crippen LogP contribution in [0.25, 0.3) is 11.1 Å². The van der Waals surface area contributed by atoms with E-state index in [2.05, 4.69) is 15.1 Å². The van der Waals surface area contributed by atoms with E-state index in [1.807, 2.05) is 80.3 Å². The van der Waals surface area contributed by atoms with Crippen molar-refractivity contribution in [2.75, 3.05) is 51.1 Å². The number of nitrogens with zero attached hydrogens (tertiary/aromatic N) is 3. The molecular weight excluding hydrogens is 388 g/mol. The van der Waals surface area contributed by atoms with Gasteiger partial charge >= 0.3 is 0 Å². The van der Waals surface area contributed by atoms with E-state index >= 15 is 0 Å². The number of anilines is 1. The van der Waals surface area contributed by atoms with E-state index < -0.39 is 0 Å². The van der Waals surface area contributed by atoms with Crippen LogP contribution in [0.15, 0.2) is 54.6 Å². The minimum absolute atomic E-state index is 0.00366. The first-order chi connectivity index (χ1) is 15.0. The van der Waals surface area contributed by atoms with Crippen LogP contribution in [-0.2, 0) is 9.59 Å². The highest BCUT2D eigenvalue weighted by molar-refractivity contribution is 5.98. The maximum Gasteiger partial charge on any atom is 0.241 e. The lowest BCUT2D eigenvalue weighted by Gasteiger charge is -2.37. The Hall–Kier alpha value is -2.70. The third kappa shape index (κ3) is 5.93. The fourth-order valence-electron chi connectivity index (χ4n) is 4.04. The zero-order valence-corrected chi connectivity index (χ0v) is 18.9. The molecule has 0 spiro atoms. The molecule has 1 aliphatic rings. The van der Waals surface area contributed by atoms with E-state index in [1.54, 1.807) is 0 Å². The Morgan fingerprint density at radius 1 is 0.935 bits per heavy atom. The van der Waals surface area contributed by atoms with Crippen LogP contribution in [0.3, 0.4) is 0 Å². The molecule has 0 bridgehead atoms. The number of para-hydroxylation sites is 1. The molecule has 1 aliphatic heterocycles. The second-order valence-corrected chi connectivity index (χ2v) is 7.95. The minimum atomic E-state index is -0.232. The van der Waals surface area contributed by atoms with E-state index in [0.29, 0.717) is 6.54 Å². The third-order valence-electron chi connectivity index (χ3n) is 6.08. The Labute approximate surface area is 185 Å². The number of amides is 2. The van der Waals surface area contributed by atoms with Gasteiger partial charge in [-0.25, -0.2) is 0 Å². The van der Waals surface area contributed by atoms with Gasteiger partial charge in [-0.3, -0.25) is 19.4 Å². The summed E-state index contributed by atoms with van der Waals surface area (Å²) < 4.78 is 0. The summed E-state index contributed by atoms with van der Waals surface area (Å²) in [5.41, 5.74) is 2.93. The van der Waals surface area contributed by atoms with E-state index in [0.717, 1.165) is 56.1 Å². The number of nitrogens with one attached hydrogen (secondary N) is 1. The molecule has 1 heterocycles. The van der Waals surface area contributed by atoms with Gasteiger partial charge in [-0.15, -0.1) is 0 Å². The average molecular weight is 423 g/mol. The van der Waals surface area contributed by atoms with Crippen molar-refractivity contribution in [2.45, 2.75) is 26.8 Å². The molecular formula is C25H34N4O2. The van der Waals surface area contributed by atoms with Gasteiger partial charge in [-0.1, -0.05) is 48.5 Å². The second kappa shape index (κ2) is 11.1. The highest BCUT2D eigenvalue weighted by atomic mass is 16.2. The van der Waals surface area contributed by atoms with Crippen molar-refractivity contribution in [3.05, 3.63) is 54.6 Å². The molecule has 1 saturated heterocycles. The van der Waals surface area contributed by atoms with Gasteiger partial charge in [0.1, 0.15) is 0 Å². The highest BCUT2D eigenvalue weighted by Gasteiger charge is 2.27. The lowest BCUT2D eigenvalue weighted by molar-refractivity contribution is -0.133. The van der Waals surface area contributed by atoms with Crippen LogP contribution < -0.4 is 5.32 Å². The maximum atomic E-state index is 13.0. The molecule has 2 aromatic rings. The zero-order valence-electron chi connectivity index (χ0n) is 18.9. The molecule has 31 heavy (non-hydrogen) atoms. The van der Waals surface area contributed by atoms with Crippen molar-refractivity contribution >= 4 is 17.5 Å². The molecule has 2 aromatic carbocycles. The molecule has 0 aliphatic carbocycles. The molecule has 6 heteroatoms. The summed E-state index contributed by atoms with van der Waals surface area (Å²) in [4.78, 5) is 31.6. The normalized spacial score (nSPS) is 16.0. The fraction of sp³-hybridized carbons (Fsp3) is 0.440. The predicted octanol–water partition coefficient (Wildman–Crippen LogP) is 3.17. The Morgan fingerprint density at radius 3 is 2.19 bits per heavy atom. The lowest BCUT2D eigenvalue weighted by Crippen LogP contribution is -2.54. The quantitative estimate of drug-likeness (QED) is 0.710. The standard InChI is InChI=1S/C25H34N4O2/c1-4-28(5-2)24(30)19-27-15-17-29(18-16-27)20(3)25(31)26-23-14-10-9-13-22(23)21-11-7-6-8-12-21/h6-14,20H,4-5,15-19H2,1-3H3,(H,26,31). The number of piperazine rings is 1. The van der Waals surface area contributed by atoms with Crippen LogP contribution >= 0.6 is 0 Å². The summed E-state index contributed by atoms with van der Waals surface area (Å²) in [6.07, 6.45) is 0. The van der Waals surface area contributed by atoms with Gasteiger partial charge in [0.15, 0.2) is 0 Å². The summed E-state index contributed by atoms with van der Waals surface area (Å²) >= 11 is 0. The first kappa shape index (κ1) is 23.0. The number of carbonyl (C=O) groups excluding carboxylic acids is 2. The van der Waals surface area contributed by atoms with Crippen LogP contribution in [-0.4, -0.2) is 78.4 Å². The number of hydrogen-bond acceptors (Lipinski definition) is 4. The van der Waals surface area contributed by atoms with Crippen LogP contribution in [0.2, 0.25) is 0 Å². The monoisotopic (exact) mass is 422 g/mol. The molecule has 3 rings (SSSR count). The molecule has 1 unspecified atom stereocenters. The van der Waals surface area contributed by atoms with Gasteiger partial charge in [-0.05, 0) is 32.4 Å². The average Bonchev–Trinajstić information content (AvgIpc) is 2.81. The summed E-state index contributed by atoms with van der Waals surface area (Å²) in [7, 11) is 0. The predicted molar refractivity (Wildman–Crippen MR) is 126 cm³/mol. The van der Waals surface area contributed by atoms with Gasteiger partial charge in [0, 0.05) is 50.5 Å². The highest BCUT2D eigenvalue weighted by Crippen LogP contribution is 2.27. The largest absolute Gasteiger partial charge is 0.342 e. The van der Waals surface area contributed by atoms with E-state index in [1.165, 1.54) is 0 Å². The van der Waals surface area contributed by atoms with E-state index in [-0.39, 0.29) is 17.9 Å². The van der Waals surface area contributed by atoms with Crippen molar-refractivity contribution in [2.24, 2.45) is 0 Å². The van der Waals surface area contributed by atoms with Crippen molar-refractivity contribution in [3.63, 3.8) is 0 Å². The summed E-state index contributed by atoms with van der Waals surface area (Å²) in [6, 6.07) is 17.8.